The van der Waals surface area contributed by atoms with Crippen LogP contribution in [0.15, 0.2) is 12.1 Å². The van der Waals surface area contributed by atoms with Crippen LogP contribution in [0.5, 0.6) is 0 Å². The van der Waals surface area contributed by atoms with Gasteiger partial charge in [0.25, 0.3) is 0 Å². The number of hydrogen-bond donors (Lipinski definition) is 0. The van der Waals surface area contributed by atoms with Crippen molar-refractivity contribution in [3.8, 4) is 0 Å². The zero-order valence-corrected chi connectivity index (χ0v) is 9.78. The van der Waals surface area contributed by atoms with E-state index in [1.54, 1.807) is 6.07 Å². The summed E-state index contributed by atoms with van der Waals surface area (Å²) in [6.45, 7) is 2.06. The minimum Gasteiger partial charge on any atom is -0.354 e. The molecule has 0 radical (unpaired) electrons. The zero-order valence-electron chi connectivity index (χ0n) is 9.02. The standard InChI is InChI=1S/C10H15ClN4/c1-14(2)8-5-6-15(7-8)10-4-3-9(11)12-13-10/h3-4,8H,5-7H2,1-2H3. The van der Waals surface area contributed by atoms with E-state index in [9.17, 15) is 0 Å². The van der Waals surface area contributed by atoms with E-state index in [1.165, 1.54) is 6.42 Å². The molecule has 1 fully saturated rings. The molecule has 1 aliphatic rings. The van der Waals surface area contributed by atoms with Crippen molar-refractivity contribution in [3.63, 3.8) is 0 Å². The highest BCUT2D eigenvalue weighted by Crippen LogP contribution is 2.20. The summed E-state index contributed by atoms with van der Waals surface area (Å²) in [5.74, 6) is 0.920. The average Bonchev–Trinajstić information content (AvgIpc) is 2.68. The fourth-order valence-electron chi connectivity index (χ4n) is 1.85. The van der Waals surface area contributed by atoms with Crippen LogP contribution in [0.2, 0.25) is 5.15 Å². The maximum absolute atomic E-state index is 5.70. The number of anilines is 1. The molecule has 0 aliphatic carbocycles. The first-order chi connectivity index (χ1) is 7.16. The molecule has 1 saturated heterocycles. The predicted octanol–water partition coefficient (Wildman–Crippen LogP) is 1.27. The van der Waals surface area contributed by atoms with Gasteiger partial charge in [-0.1, -0.05) is 11.6 Å². The van der Waals surface area contributed by atoms with Crippen LogP contribution in [-0.4, -0.2) is 48.3 Å². The summed E-state index contributed by atoms with van der Waals surface area (Å²) >= 11 is 5.70. The van der Waals surface area contributed by atoms with Gasteiger partial charge in [-0.3, -0.25) is 0 Å². The highest BCUT2D eigenvalue weighted by Gasteiger charge is 2.24. The van der Waals surface area contributed by atoms with Crippen molar-refractivity contribution in [1.29, 1.82) is 0 Å². The van der Waals surface area contributed by atoms with E-state index >= 15 is 0 Å². The molecule has 0 N–H and O–H groups in total. The van der Waals surface area contributed by atoms with Gasteiger partial charge in [0.1, 0.15) is 0 Å². The Morgan fingerprint density at radius 3 is 2.73 bits per heavy atom. The van der Waals surface area contributed by atoms with Crippen LogP contribution in [-0.2, 0) is 0 Å². The molecule has 0 aromatic carbocycles. The van der Waals surface area contributed by atoms with E-state index < -0.39 is 0 Å². The smallest absolute Gasteiger partial charge is 0.151 e. The molecule has 2 rings (SSSR count). The van der Waals surface area contributed by atoms with Gasteiger partial charge in [0.2, 0.25) is 0 Å². The first-order valence-corrected chi connectivity index (χ1v) is 5.45. The number of aromatic nitrogens is 2. The van der Waals surface area contributed by atoms with Gasteiger partial charge in [-0.25, -0.2) is 0 Å². The van der Waals surface area contributed by atoms with Crippen molar-refractivity contribution in [2.45, 2.75) is 12.5 Å². The Bertz CT molecular complexity index is 325. The minimum absolute atomic E-state index is 0.446. The Kier molecular flexibility index (Phi) is 3.07. The summed E-state index contributed by atoms with van der Waals surface area (Å²) in [7, 11) is 4.23. The van der Waals surface area contributed by atoms with E-state index in [0.29, 0.717) is 11.2 Å². The second-order valence-electron chi connectivity index (χ2n) is 4.07. The predicted molar refractivity (Wildman–Crippen MR) is 61.3 cm³/mol. The lowest BCUT2D eigenvalue weighted by atomic mass is 10.2. The van der Waals surface area contributed by atoms with Gasteiger partial charge >= 0.3 is 0 Å². The summed E-state index contributed by atoms with van der Waals surface area (Å²) in [6, 6.07) is 4.32. The molecule has 15 heavy (non-hydrogen) atoms. The largest absolute Gasteiger partial charge is 0.354 e. The van der Waals surface area contributed by atoms with Gasteiger partial charge in [-0.15, -0.1) is 10.2 Å². The second-order valence-corrected chi connectivity index (χ2v) is 4.45. The minimum atomic E-state index is 0.446. The molecule has 0 saturated carbocycles. The summed E-state index contributed by atoms with van der Waals surface area (Å²) in [6.07, 6.45) is 1.18. The molecule has 0 spiro atoms. The molecule has 1 unspecified atom stereocenters. The van der Waals surface area contributed by atoms with Gasteiger partial charge < -0.3 is 9.80 Å². The van der Waals surface area contributed by atoms with E-state index in [2.05, 4.69) is 34.1 Å². The van der Waals surface area contributed by atoms with Gasteiger partial charge in [-0.05, 0) is 32.6 Å². The van der Waals surface area contributed by atoms with Crippen molar-refractivity contribution in [1.82, 2.24) is 15.1 Å². The fourth-order valence-corrected chi connectivity index (χ4v) is 1.95. The summed E-state index contributed by atoms with van der Waals surface area (Å²) in [5.41, 5.74) is 0. The second kappa shape index (κ2) is 4.33. The number of halogens is 1. The van der Waals surface area contributed by atoms with Gasteiger partial charge in [0, 0.05) is 19.1 Å². The molecule has 4 nitrogen and oxygen atoms in total. The molecular formula is C10H15ClN4. The quantitative estimate of drug-likeness (QED) is 0.761. The van der Waals surface area contributed by atoms with E-state index in [0.717, 1.165) is 18.9 Å². The van der Waals surface area contributed by atoms with Crippen molar-refractivity contribution in [2.24, 2.45) is 0 Å². The summed E-state index contributed by atoms with van der Waals surface area (Å²) in [4.78, 5) is 4.50. The molecule has 5 heteroatoms. The number of hydrogen-bond acceptors (Lipinski definition) is 4. The molecule has 1 aromatic rings. The Morgan fingerprint density at radius 1 is 1.40 bits per heavy atom. The molecule has 2 heterocycles. The third-order valence-electron chi connectivity index (χ3n) is 2.84. The topological polar surface area (TPSA) is 32.3 Å². The van der Waals surface area contributed by atoms with Crippen LogP contribution in [0, 0.1) is 0 Å². The Hall–Kier alpha value is -0.870. The normalized spacial score (nSPS) is 21.3. The molecule has 1 atom stereocenters. The first-order valence-electron chi connectivity index (χ1n) is 5.07. The zero-order chi connectivity index (χ0) is 10.8. The Morgan fingerprint density at radius 2 is 2.20 bits per heavy atom. The van der Waals surface area contributed by atoms with E-state index in [1.807, 2.05) is 6.07 Å². The van der Waals surface area contributed by atoms with Crippen LogP contribution in [0.1, 0.15) is 6.42 Å². The monoisotopic (exact) mass is 226 g/mol. The lowest BCUT2D eigenvalue weighted by Gasteiger charge is -2.20. The molecule has 0 bridgehead atoms. The SMILES string of the molecule is CN(C)C1CCN(c2ccc(Cl)nn2)C1. The lowest BCUT2D eigenvalue weighted by molar-refractivity contribution is 0.315. The van der Waals surface area contributed by atoms with Gasteiger partial charge in [-0.2, -0.15) is 0 Å². The van der Waals surface area contributed by atoms with Gasteiger partial charge in [0.15, 0.2) is 11.0 Å². The maximum Gasteiger partial charge on any atom is 0.151 e. The molecule has 0 amide bonds. The average molecular weight is 227 g/mol. The van der Waals surface area contributed by atoms with Crippen LogP contribution in [0.4, 0.5) is 5.82 Å². The molecule has 1 aromatic heterocycles. The fraction of sp³-hybridized carbons (Fsp3) is 0.600. The Labute approximate surface area is 94.8 Å². The highest BCUT2D eigenvalue weighted by atomic mass is 35.5. The Balaban J connectivity index is 2.04. The van der Waals surface area contributed by atoms with Gasteiger partial charge in [0.05, 0.1) is 0 Å². The summed E-state index contributed by atoms with van der Waals surface area (Å²) < 4.78 is 0. The van der Waals surface area contributed by atoms with E-state index in [-0.39, 0.29) is 0 Å². The van der Waals surface area contributed by atoms with Crippen LogP contribution >= 0.6 is 11.6 Å². The van der Waals surface area contributed by atoms with Crippen LogP contribution < -0.4 is 4.90 Å². The van der Waals surface area contributed by atoms with Crippen molar-refractivity contribution < 1.29 is 0 Å². The molecule has 82 valence electrons. The van der Waals surface area contributed by atoms with Crippen molar-refractivity contribution in [3.05, 3.63) is 17.3 Å². The van der Waals surface area contributed by atoms with Crippen LogP contribution in [0.25, 0.3) is 0 Å². The van der Waals surface area contributed by atoms with Crippen molar-refractivity contribution >= 4 is 17.4 Å². The number of nitrogens with zero attached hydrogens (tertiary/aromatic N) is 4. The molecule has 1 aliphatic heterocycles. The number of rotatable bonds is 2. The van der Waals surface area contributed by atoms with Crippen molar-refractivity contribution in [2.75, 3.05) is 32.1 Å². The first kappa shape index (κ1) is 10.6. The third-order valence-corrected chi connectivity index (χ3v) is 3.04. The summed E-state index contributed by atoms with van der Waals surface area (Å²) in [5, 5.41) is 8.38. The number of likely N-dealkylation sites (N-methyl/N-ethyl adjacent to an activating group) is 1. The highest BCUT2D eigenvalue weighted by molar-refractivity contribution is 6.29. The lowest BCUT2D eigenvalue weighted by Crippen LogP contribution is -2.31. The third kappa shape index (κ3) is 2.38. The molecular weight excluding hydrogens is 212 g/mol. The van der Waals surface area contributed by atoms with Crippen LogP contribution in [0.3, 0.4) is 0 Å². The maximum atomic E-state index is 5.70. The van der Waals surface area contributed by atoms with E-state index in [4.69, 9.17) is 11.6 Å².